The fraction of sp³-hybridized carbons (Fsp3) is 0.423. The average molecular weight is 489 g/mol. The van der Waals surface area contributed by atoms with E-state index in [1.165, 1.54) is 25.1 Å². The van der Waals surface area contributed by atoms with E-state index in [1.807, 2.05) is 13.0 Å². The Morgan fingerprint density at radius 3 is 2.72 bits per heavy atom. The van der Waals surface area contributed by atoms with Crippen molar-refractivity contribution < 1.29 is 9.13 Å². The van der Waals surface area contributed by atoms with Crippen LogP contribution in [-0.4, -0.2) is 44.9 Å². The Kier molecular flexibility index (Phi) is 6.41. The van der Waals surface area contributed by atoms with Gasteiger partial charge in [0.15, 0.2) is 0 Å². The number of fused-ring (bicyclic) bond motifs is 1. The number of nitrogens with two attached hydrogens (primary N) is 1. The Morgan fingerprint density at radius 1 is 1.28 bits per heavy atom. The number of nitrogens with one attached hydrogen (secondary N) is 1. The van der Waals surface area contributed by atoms with Crippen LogP contribution in [0.5, 0.6) is 5.88 Å². The molecule has 1 aliphatic heterocycles. The molecule has 3 aromatic rings. The first-order chi connectivity index (χ1) is 17.4. The van der Waals surface area contributed by atoms with E-state index >= 15 is 0 Å². The second kappa shape index (κ2) is 9.66. The molecule has 0 radical (unpaired) electrons. The van der Waals surface area contributed by atoms with Crippen LogP contribution in [0.2, 0.25) is 0 Å². The van der Waals surface area contributed by atoms with Crippen LogP contribution in [0.25, 0.3) is 5.65 Å². The highest BCUT2D eigenvalue weighted by Gasteiger charge is 2.44. The number of piperidine rings is 1. The number of rotatable bonds is 6. The van der Waals surface area contributed by atoms with Crippen LogP contribution >= 0.6 is 0 Å². The molecule has 5 rings (SSSR count). The highest BCUT2D eigenvalue weighted by Crippen LogP contribution is 2.49. The number of nitriles is 1. The molecule has 0 bridgehead atoms. The molecule has 4 heterocycles. The van der Waals surface area contributed by atoms with Crippen molar-refractivity contribution in [2.45, 2.75) is 51.7 Å². The molecule has 36 heavy (non-hydrogen) atoms. The van der Waals surface area contributed by atoms with Crippen molar-refractivity contribution in [3.05, 3.63) is 59.4 Å². The first kappa shape index (κ1) is 23.9. The third-order valence-electron chi connectivity index (χ3n) is 7.27. The van der Waals surface area contributed by atoms with Gasteiger partial charge in [0.25, 0.3) is 0 Å². The molecule has 1 aliphatic carbocycles. The van der Waals surface area contributed by atoms with Gasteiger partial charge >= 0.3 is 0 Å². The number of ether oxygens (including phenoxy) is 1. The summed E-state index contributed by atoms with van der Waals surface area (Å²) in [4.78, 5) is 13.4. The molecular formula is C26H29FN8O. The smallest absolute Gasteiger partial charge is 0.201 e. The van der Waals surface area contributed by atoms with Crippen molar-refractivity contribution >= 4 is 17.1 Å². The maximum atomic E-state index is 13.3. The van der Waals surface area contributed by atoms with E-state index in [9.17, 15) is 9.65 Å². The monoisotopic (exact) mass is 488 g/mol. The number of aromatic nitrogens is 3. The lowest BCUT2D eigenvalue weighted by molar-refractivity contribution is 0.0646. The quantitative estimate of drug-likeness (QED) is 0.311. The first-order valence-corrected chi connectivity index (χ1v) is 12.1. The van der Waals surface area contributed by atoms with Gasteiger partial charge < -0.3 is 15.9 Å². The molecule has 1 spiro atoms. The molecule has 9 nitrogen and oxygen atoms in total. The number of hydrogen-bond donors (Lipinski definition) is 2. The van der Waals surface area contributed by atoms with Gasteiger partial charge in [-0.1, -0.05) is 0 Å². The van der Waals surface area contributed by atoms with E-state index in [-0.39, 0.29) is 6.04 Å². The Morgan fingerprint density at radius 2 is 2.06 bits per heavy atom. The second-order valence-corrected chi connectivity index (χ2v) is 9.70. The maximum absolute atomic E-state index is 13.3. The van der Waals surface area contributed by atoms with Gasteiger partial charge in [0, 0.05) is 11.6 Å². The van der Waals surface area contributed by atoms with Crippen molar-refractivity contribution in [2.24, 2.45) is 21.4 Å². The van der Waals surface area contributed by atoms with E-state index in [1.54, 1.807) is 23.5 Å². The summed E-state index contributed by atoms with van der Waals surface area (Å²) in [7, 11) is 0. The highest BCUT2D eigenvalue weighted by molar-refractivity contribution is 6.47. The van der Waals surface area contributed by atoms with Gasteiger partial charge in [-0.15, -0.1) is 0 Å². The van der Waals surface area contributed by atoms with Crippen LogP contribution in [0.3, 0.4) is 0 Å². The van der Waals surface area contributed by atoms with Gasteiger partial charge in [0.1, 0.15) is 35.0 Å². The summed E-state index contributed by atoms with van der Waals surface area (Å²) in [5, 5.41) is 17.1. The summed E-state index contributed by atoms with van der Waals surface area (Å²) in [6, 6.07) is 8.89. The standard InChI is InChI=1S/C26H29FN8O/c1-16(33-20-11-26(12-20)5-7-30-8-6-26)25(34-29)18-9-23-32-15-21(13-28)35(23)24(10-18)36-17(2)22-4-3-19(27)14-31-22/h3-4,9-10,14-15,17,20,30H,5-8,11-12,29H2,1-2H3/b33-16?,34-25+. The minimum absolute atomic E-state index is 0.264. The summed E-state index contributed by atoms with van der Waals surface area (Å²) in [5.41, 5.74) is 3.80. The molecule has 3 aromatic heterocycles. The molecule has 1 saturated heterocycles. The largest absolute Gasteiger partial charge is 0.469 e. The van der Waals surface area contributed by atoms with Crippen molar-refractivity contribution in [3.8, 4) is 11.9 Å². The predicted octanol–water partition coefficient (Wildman–Crippen LogP) is 3.54. The normalized spacial score (nSPS) is 19.2. The molecule has 2 fully saturated rings. The summed E-state index contributed by atoms with van der Waals surface area (Å²) in [6.07, 6.45) is 6.70. The maximum Gasteiger partial charge on any atom is 0.201 e. The fourth-order valence-corrected chi connectivity index (χ4v) is 5.36. The third-order valence-corrected chi connectivity index (χ3v) is 7.27. The van der Waals surface area contributed by atoms with E-state index in [4.69, 9.17) is 15.6 Å². The molecule has 186 valence electrons. The van der Waals surface area contributed by atoms with Crippen LogP contribution < -0.4 is 15.9 Å². The van der Waals surface area contributed by atoms with Gasteiger partial charge in [-0.3, -0.25) is 14.4 Å². The average Bonchev–Trinajstić information content (AvgIpc) is 3.28. The number of nitrogens with zero attached hydrogens (tertiary/aromatic N) is 6. The lowest BCUT2D eigenvalue weighted by Crippen LogP contribution is -2.47. The van der Waals surface area contributed by atoms with Crippen LogP contribution in [0.4, 0.5) is 4.39 Å². The molecule has 0 aromatic carbocycles. The SMILES string of the molecule is CC(=NC1CC2(CCNCC2)C1)/C(=N\N)c1cc(OC(C)c2ccc(F)cn2)n2c(C#N)cnc2c1. The highest BCUT2D eigenvalue weighted by atomic mass is 19.1. The van der Waals surface area contributed by atoms with E-state index < -0.39 is 11.9 Å². The summed E-state index contributed by atoms with van der Waals surface area (Å²) in [6.45, 7) is 5.88. The number of hydrazone groups is 1. The van der Waals surface area contributed by atoms with Gasteiger partial charge in [-0.05, 0) is 76.2 Å². The number of aliphatic imine (C=N–C) groups is 1. The van der Waals surface area contributed by atoms with E-state index in [2.05, 4.69) is 26.5 Å². The molecule has 0 amide bonds. The number of imidazole rings is 1. The summed E-state index contributed by atoms with van der Waals surface area (Å²) in [5.74, 6) is 5.80. The lowest BCUT2D eigenvalue weighted by Gasteiger charge is -2.49. The Hall–Kier alpha value is -3.84. The zero-order valence-corrected chi connectivity index (χ0v) is 20.4. The third kappa shape index (κ3) is 4.54. The zero-order valence-electron chi connectivity index (χ0n) is 20.4. The zero-order chi connectivity index (χ0) is 25.3. The number of hydrogen-bond acceptors (Lipinski definition) is 8. The minimum atomic E-state index is -0.512. The fourth-order valence-electron chi connectivity index (χ4n) is 5.36. The number of halogens is 1. The van der Waals surface area contributed by atoms with Crippen LogP contribution in [0.1, 0.15) is 62.6 Å². The van der Waals surface area contributed by atoms with Gasteiger partial charge in [-0.2, -0.15) is 10.4 Å². The predicted molar refractivity (Wildman–Crippen MR) is 135 cm³/mol. The molecule has 2 aliphatic rings. The van der Waals surface area contributed by atoms with Crippen molar-refractivity contribution in [1.82, 2.24) is 19.7 Å². The number of pyridine rings is 2. The Labute approximate surface area is 208 Å². The van der Waals surface area contributed by atoms with Crippen LogP contribution in [0.15, 0.2) is 46.8 Å². The molecule has 3 N–H and O–H groups in total. The molecule has 10 heteroatoms. The van der Waals surface area contributed by atoms with Crippen molar-refractivity contribution in [2.75, 3.05) is 13.1 Å². The molecule has 1 unspecified atom stereocenters. The van der Waals surface area contributed by atoms with Gasteiger partial charge in [0.05, 0.1) is 29.8 Å². The van der Waals surface area contributed by atoms with Crippen LogP contribution in [-0.2, 0) is 0 Å². The molecular weight excluding hydrogens is 459 g/mol. The van der Waals surface area contributed by atoms with E-state index in [0.29, 0.717) is 39.6 Å². The first-order valence-electron chi connectivity index (χ1n) is 12.1. The lowest BCUT2D eigenvalue weighted by atomic mass is 9.61. The molecule has 1 saturated carbocycles. The summed E-state index contributed by atoms with van der Waals surface area (Å²) >= 11 is 0. The van der Waals surface area contributed by atoms with Crippen LogP contribution in [0, 0.1) is 22.6 Å². The Bertz CT molecular complexity index is 1360. The minimum Gasteiger partial charge on any atom is -0.469 e. The van der Waals surface area contributed by atoms with Crippen molar-refractivity contribution in [3.63, 3.8) is 0 Å². The van der Waals surface area contributed by atoms with Crippen molar-refractivity contribution in [1.29, 1.82) is 5.26 Å². The van der Waals surface area contributed by atoms with Gasteiger partial charge in [0.2, 0.25) is 5.88 Å². The Balaban J connectivity index is 1.44. The second-order valence-electron chi connectivity index (χ2n) is 9.70. The molecule has 1 atom stereocenters. The summed E-state index contributed by atoms with van der Waals surface area (Å²) < 4.78 is 21.2. The van der Waals surface area contributed by atoms with E-state index in [0.717, 1.165) is 37.8 Å². The topological polar surface area (TPSA) is 126 Å². The van der Waals surface area contributed by atoms with Gasteiger partial charge in [-0.25, -0.2) is 9.37 Å².